The summed E-state index contributed by atoms with van der Waals surface area (Å²) in [6.45, 7) is 5.69. The first-order valence-electron chi connectivity index (χ1n) is 11.5. The number of halogens is 1. The van der Waals surface area contributed by atoms with Gasteiger partial charge >= 0.3 is 0 Å². The fraction of sp³-hybridized carbons (Fsp3) is 0.308. The Labute approximate surface area is 203 Å². The summed E-state index contributed by atoms with van der Waals surface area (Å²) in [5.74, 6) is -1.15. The number of hydrogen-bond acceptors (Lipinski definition) is 4. The van der Waals surface area contributed by atoms with Crippen LogP contribution in [0.5, 0.6) is 0 Å². The molecule has 182 valence electrons. The maximum absolute atomic E-state index is 13.9. The van der Waals surface area contributed by atoms with E-state index in [4.69, 9.17) is 0 Å². The normalized spacial score (nSPS) is 12.5. The molecule has 2 aromatic carbocycles. The third-order valence-electron chi connectivity index (χ3n) is 6.19. The van der Waals surface area contributed by atoms with Gasteiger partial charge in [-0.05, 0) is 68.8 Å². The molecule has 0 aliphatic heterocycles. The van der Waals surface area contributed by atoms with Crippen LogP contribution in [-0.2, 0) is 23.2 Å². The van der Waals surface area contributed by atoms with Crippen LogP contribution in [0.1, 0.15) is 38.9 Å². The fourth-order valence-corrected chi connectivity index (χ4v) is 3.91. The molecule has 1 N–H and O–H groups in total. The topological polar surface area (TPSA) is 85.0 Å². The van der Waals surface area contributed by atoms with Gasteiger partial charge in [-0.15, -0.1) is 5.10 Å². The molecule has 0 radical (unpaired) electrons. The third-order valence-corrected chi connectivity index (χ3v) is 6.19. The minimum atomic E-state index is -0.992. The molecule has 0 fully saturated rings. The zero-order valence-corrected chi connectivity index (χ0v) is 20.3. The first kappa shape index (κ1) is 24.1. The molecule has 0 bridgehead atoms. The highest BCUT2D eigenvalue weighted by molar-refractivity contribution is 6.01. The molecule has 0 aliphatic carbocycles. The van der Waals surface area contributed by atoms with Crippen LogP contribution in [0.4, 0.5) is 10.1 Å². The Balaban J connectivity index is 1.80. The lowest BCUT2D eigenvalue weighted by atomic mass is 10.00. The van der Waals surface area contributed by atoms with Crippen molar-refractivity contribution in [1.29, 1.82) is 0 Å². The van der Waals surface area contributed by atoms with Crippen LogP contribution in [-0.4, -0.2) is 36.9 Å². The fourth-order valence-electron chi connectivity index (χ4n) is 3.91. The number of para-hydroxylation sites is 1. The van der Waals surface area contributed by atoms with Crippen molar-refractivity contribution in [2.24, 2.45) is 7.05 Å². The number of nitrogens with zero attached hydrogens (tertiary/aromatic N) is 5. The predicted molar refractivity (Wildman–Crippen MR) is 132 cm³/mol. The van der Waals surface area contributed by atoms with E-state index in [9.17, 15) is 14.0 Å². The van der Waals surface area contributed by atoms with Gasteiger partial charge in [0.2, 0.25) is 11.8 Å². The molecule has 0 saturated heterocycles. The highest BCUT2D eigenvalue weighted by atomic mass is 19.1. The monoisotopic (exact) mass is 476 g/mol. The summed E-state index contributed by atoms with van der Waals surface area (Å²) in [6, 6.07) is 15.5. The highest BCUT2D eigenvalue weighted by Gasteiger charge is 2.36. The zero-order chi connectivity index (χ0) is 25.2. The summed E-state index contributed by atoms with van der Waals surface area (Å²) in [6.07, 6.45) is 2.52. The molecule has 4 aromatic rings. The van der Waals surface area contributed by atoms with Gasteiger partial charge in [0.25, 0.3) is 0 Å². The molecule has 1 atom stereocenters. The molecule has 2 aromatic heterocycles. The summed E-state index contributed by atoms with van der Waals surface area (Å²) >= 11 is 0. The number of carbonyl (C=O) groups is 2. The molecule has 2 amide bonds. The minimum absolute atomic E-state index is 0.150. The number of aromatic nitrogens is 4. The van der Waals surface area contributed by atoms with Crippen molar-refractivity contribution in [2.75, 3.05) is 4.90 Å². The second-order valence-corrected chi connectivity index (χ2v) is 9.15. The van der Waals surface area contributed by atoms with Crippen LogP contribution in [0.25, 0.3) is 11.0 Å². The molecule has 35 heavy (non-hydrogen) atoms. The number of nitrogens with one attached hydrogen (secondary N) is 1. The Morgan fingerprint density at radius 1 is 1.09 bits per heavy atom. The quantitative estimate of drug-likeness (QED) is 0.417. The van der Waals surface area contributed by atoms with Gasteiger partial charge < -0.3 is 9.88 Å². The largest absolute Gasteiger partial charge is 0.352 e. The van der Waals surface area contributed by atoms with E-state index in [1.54, 1.807) is 10.6 Å². The van der Waals surface area contributed by atoms with E-state index in [2.05, 4.69) is 15.6 Å². The Bertz CT molecular complexity index is 1340. The number of carbonyl (C=O) groups excluding carboxylic acids is 2. The molecule has 9 heteroatoms. The van der Waals surface area contributed by atoms with Gasteiger partial charge in [0.15, 0.2) is 6.04 Å². The second kappa shape index (κ2) is 9.69. The Hall–Kier alpha value is -4.01. The second-order valence-electron chi connectivity index (χ2n) is 9.15. The van der Waals surface area contributed by atoms with Crippen LogP contribution in [0.15, 0.2) is 66.9 Å². The summed E-state index contributed by atoms with van der Waals surface area (Å²) in [5.41, 5.74) is 1.90. The van der Waals surface area contributed by atoms with E-state index in [1.807, 2.05) is 64.3 Å². The summed E-state index contributed by atoms with van der Waals surface area (Å²) in [4.78, 5) is 29.0. The zero-order valence-electron chi connectivity index (χ0n) is 20.3. The predicted octanol–water partition coefficient (Wildman–Crippen LogP) is 3.99. The number of hydrogen-bond donors (Lipinski definition) is 1. The van der Waals surface area contributed by atoms with Gasteiger partial charge in [-0.1, -0.05) is 24.3 Å². The lowest BCUT2D eigenvalue weighted by molar-refractivity contribution is -0.128. The number of aryl methyl sites for hydroxylation is 1. The molecular formula is C26H29FN6O2. The van der Waals surface area contributed by atoms with Gasteiger partial charge in [0.1, 0.15) is 17.9 Å². The van der Waals surface area contributed by atoms with Crippen molar-refractivity contribution in [3.63, 3.8) is 0 Å². The molecular weight excluding hydrogens is 447 g/mol. The first-order chi connectivity index (χ1) is 16.7. The maximum Gasteiger partial charge on any atom is 0.249 e. The van der Waals surface area contributed by atoms with Gasteiger partial charge in [-0.2, -0.15) is 0 Å². The van der Waals surface area contributed by atoms with Crippen LogP contribution < -0.4 is 10.2 Å². The van der Waals surface area contributed by atoms with Crippen molar-refractivity contribution < 1.29 is 14.0 Å². The number of benzene rings is 2. The van der Waals surface area contributed by atoms with Crippen molar-refractivity contribution in [3.05, 3.63) is 78.4 Å². The number of rotatable bonds is 8. The van der Waals surface area contributed by atoms with Crippen LogP contribution in [0.3, 0.4) is 0 Å². The summed E-state index contributed by atoms with van der Waals surface area (Å²) in [5, 5.41) is 11.3. The average Bonchev–Trinajstić information content (AvgIpc) is 3.44. The van der Waals surface area contributed by atoms with Crippen LogP contribution in [0.2, 0.25) is 0 Å². The van der Waals surface area contributed by atoms with E-state index < -0.39 is 17.4 Å². The van der Waals surface area contributed by atoms with Crippen molar-refractivity contribution in [3.8, 4) is 0 Å². The van der Waals surface area contributed by atoms with Crippen LogP contribution in [0, 0.1) is 5.82 Å². The summed E-state index contributed by atoms with van der Waals surface area (Å²) < 4.78 is 17.1. The van der Waals surface area contributed by atoms with Crippen molar-refractivity contribution >= 4 is 28.5 Å². The lowest BCUT2D eigenvalue weighted by Gasteiger charge is -2.34. The molecule has 2 heterocycles. The molecule has 0 saturated carbocycles. The Morgan fingerprint density at radius 2 is 1.80 bits per heavy atom. The molecule has 0 aliphatic rings. The number of amides is 2. The van der Waals surface area contributed by atoms with E-state index in [0.717, 1.165) is 0 Å². The van der Waals surface area contributed by atoms with Gasteiger partial charge in [-0.3, -0.25) is 14.5 Å². The van der Waals surface area contributed by atoms with Gasteiger partial charge in [-0.25, -0.2) is 9.07 Å². The lowest BCUT2D eigenvalue weighted by Crippen LogP contribution is -2.51. The van der Waals surface area contributed by atoms with E-state index in [1.165, 1.54) is 33.8 Å². The first-order valence-corrected chi connectivity index (χ1v) is 11.5. The summed E-state index contributed by atoms with van der Waals surface area (Å²) in [7, 11) is 1.82. The SMILES string of the molecule is CCC(C)(C)NC(=O)[C@@H](c1cccn1C)N(C(=O)Cn1nnc2ccccc21)c1ccc(F)cc1. The third kappa shape index (κ3) is 5.08. The minimum Gasteiger partial charge on any atom is -0.352 e. The standard InChI is InChI=1S/C26H29FN6O2/c1-5-26(2,3)28-25(35)24(22-11-8-16-31(22)4)33(19-14-12-18(27)13-15-19)23(34)17-32-21-10-7-6-9-20(21)29-30-32/h6-16,24H,5,17H2,1-4H3,(H,28,35)/t24-/m1/s1. The smallest absolute Gasteiger partial charge is 0.249 e. The highest BCUT2D eigenvalue weighted by Crippen LogP contribution is 2.30. The van der Waals surface area contributed by atoms with E-state index >= 15 is 0 Å². The Kier molecular flexibility index (Phi) is 6.68. The molecule has 0 unspecified atom stereocenters. The van der Waals surface area contributed by atoms with E-state index in [0.29, 0.717) is 28.8 Å². The molecule has 0 spiro atoms. The molecule has 8 nitrogen and oxygen atoms in total. The van der Waals surface area contributed by atoms with E-state index in [-0.39, 0.29) is 18.4 Å². The molecule has 4 rings (SSSR count). The van der Waals surface area contributed by atoms with Crippen molar-refractivity contribution in [1.82, 2.24) is 24.9 Å². The van der Waals surface area contributed by atoms with Gasteiger partial charge in [0, 0.05) is 24.5 Å². The average molecular weight is 477 g/mol. The van der Waals surface area contributed by atoms with Crippen LogP contribution >= 0.6 is 0 Å². The number of fused-ring (bicyclic) bond motifs is 1. The Morgan fingerprint density at radius 3 is 2.46 bits per heavy atom. The maximum atomic E-state index is 13.9. The van der Waals surface area contributed by atoms with Gasteiger partial charge in [0.05, 0.1) is 11.2 Å². The van der Waals surface area contributed by atoms with Crippen molar-refractivity contribution in [2.45, 2.75) is 45.3 Å². The number of anilines is 1.